The number of carbonyl (C=O) groups is 3. The molecular formula is C19H18ClN3O5S. The zero-order valence-corrected chi connectivity index (χ0v) is 17.4. The van der Waals surface area contributed by atoms with Crippen molar-refractivity contribution in [3.63, 3.8) is 0 Å². The molecule has 2 N–H and O–H groups in total. The second-order valence-electron chi connectivity index (χ2n) is 7.49. The molecule has 1 aromatic heterocycles. The van der Waals surface area contributed by atoms with Crippen LogP contribution in [0.15, 0.2) is 28.8 Å². The summed E-state index contributed by atoms with van der Waals surface area (Å²) < 4.78 is 4.54. The second-order valence-corrected chi connectivity index (χ2v) is 9.67. The van der Waals surface area contributed by atoms with Crippen LogP contribution in [0.5, 0.6) is 0 Å². The number of aliphatic carboxylic acids is 1. The number of thioether (sulfide) groups is 1. The summed E-state index contributed by atoms with van der Waals surface area (Å²) >= 11 is 7.59. The third-order valence-electron chi connectivity index (χ3n) is 5.18. The molecule has 0 aliphatic carbocycles. The number of aryl methyl sites for hydroxylation is 1. The summed E-state index contributed by atoms with van der Waals surface area (Å²) in [5, 5.41) is 16.2. The quantitative estimate of drug-likeness (QED) is 0.709. The van der Waals surface area contributed by atoms with Crippen LogP contribution in [-0.4, -0.2) is 55.2 Å². The van der Waals surface area contributed by atoms with Gasteiger partial charge in [-0.15, -0.1) is 11.8 Å². The number of β-lactam (4-membered cyclic amide) rings is 1. The van der Waals surface area contributed by atoms with Gasteiger partial charge in [-0.1, -0.05) is 35.0 Å². The molecule has 29 heavy (non-hydrogen) atoms. The molecular weight excluding hydrogens is 418 g/mol. The Morgan fingerprint density at radius 2 is 2.03 bits per heavy atom. The summed E-state index contributed by atoms with van der Waals surface area (Å²) in [5.41, 5.74) is 1.03. The fraction of sp³-hybridized carbons (Fsp3) is 0.368. The van der Waals surface area contributed by atoms with E-state index in [1.165, 1.54) is 16.7 Å². The molecule has 2 amide bonds. The lowest BCUT2D eigenvalue weighted by Crippen LogP contribution is -2.70. The Hall–Kier alpha value is -2.52. The van der Waals surface area contributed by atoms with Crippen LogP contribution in [0.1, 0.15) is 30.0 Å². The highest BCUT2D eigenvalue weighted by atomic mass is 35.5. The topological polar surface area (TPSA) is 113 Å². The smallest absolute Gasteiger partial charge is 0.327 e. The SMILES string of the molecule is Cc1onc(-c2ccccc2Cl)c1C(=O)N[C@@H]1C(=O)N2[C@H]1SC(C)(C)[C@H]2C(=O)O. The molecule has 0 radical (unpaired) electrons. The van der Waals surface area contributed by atoms with Crippen LogP contribution >= 0.6 is 23.4 Å². The van der Waals surface area contributed by atoms with Crippen molar-refractivity contribution in [1.82, 2.24) is 15.4 Å². The number of rotatable bonds is 4. The Kier molecular flexibility index (Phi) is 4.62. The molecule has 2 saturated heterocycles. The molecule has 8 nitrogen and oxygen atoms in total. The van der Waals surface area contributed by atoms with E-state index in [0.717, 1.165) is 0 Å². The molecule has 2 aliphatic heterocycles. The zero-order valence-electron chi connectivity index (χ0n) is 15.8. The highest BCUT2D eigenvalue weighted by Gasteiger charge is 2.64. The van der Waals surface area contributed by atoms with Crippen LogP contribution in [0.3, 0.4) is 0 Å². The monoisotopic (exact) mass is 435 g/mol. The third-order valence-corrected chi connectivity index (χ3v) is 7.08. The molecule has 1 aromatic carbocycles. The minimum Gasteiger partial charge on any atom is -0.480 e. The second kappa shape index (κ2) is 6.77. The molecule has 0 unspecified atom stereocenters. The lowest BCUT2D eigenvalue weighted by molar-refractivity contribution is -0.159. The average Bonchev–Trinajstić information content (AvgIpc) is 3.15. The number of hydrogen-bond acceptors (Lipinski definition) is 6. The predicted molar refractivity (Wildman–Crippen MR) is 107 cm³/mol. The van der Waals surface area contributed by atoms with Gasteiger partial charge in [-0.2, -0.15) is 0 Å². The molecule has 3 atom stereocenters. The summed E-state index contributed by atoms with van der Waals surface area (Å²) in [6.07, 6.45) is 0. The maximum Gasteiger partial charge on any atom is 0.327 e. The summed E-state index contributed by atoms with van der Waals surface area (Å²) in [5.74, 6) is -1.70. The highest BCUT2D eigenvalue weighted by molar-refractivity contribution is 8.01. The standard InChI is InChI=1S/C19H18ClN3O5S/c1-8-11(12(22-28-8)9-6-4-5-7-10(9)20)15(24)21-13-16(25)23-14(18(26)27)19(2,3)29-17(13)23/h4-7,13-14,17H,1-3H3,(H,21,24)(H,26,27)/t13-,14-,17+/m1/s1. The van der Waals surface area contributed by atoms with Crippen LogP contribution in [0.25, 0.3) is 11.3 Å². The maximum atomic E-state index is 13.0. The van der Waals surface area contributed by atoms with Crippen molar-refractivity contribution in [1.29, 1.82) is 0 Å². The minimum atomic E-state index is -1.06. The molecule has 152 valence electrons. The Morgan fingerprint density at radius 1 is 1.34 bits per heavy atom. The van der Waals surface area contributed by atoms with E-state index < -0.39 is 40.0 Å². The summed E-state index contributed by atoms with van der Waals surface area (Å²) in [4.78, 5) is 38.6. The van der Waals surface area contributed by atoms with Crippen LogP contribution in [0, 0.1) is 6.92 Å². The molecule has 4 rings (SSSR count). The number of amides is 2. The average molecular weight is 436 g/mol. The summed E-state index contributed by atoms with van der Waals surface area (Å²) in [6.45, 7) is 5.16. The maximum absolute atomic E-state index is 13.0. The summed E-state index contributed by atoms with van der Waals surface area (Å²) in [7, 11) is 0. The number of carbonyl (C=O) groups excluding carboxylic acids is 2. The number of aromatic nitrogens is 1. The molecule has 2 fully saturated rings. The van der Waals surface area contributed by atoms with Gasteiger partial charge in [0.05, 0.1) is 5.02 Å². The first kappa shape index (κ1) is 19.8. The first-order valence-corrected chi connectivity index (χ1v) is 10.1. The highest BCUT2D eigenvalue weighted by Crippen LogP contribution is 2.50. The summed E-state index contributed by atoms with van der Waals surface area (Å²) in [6, 6.07) is 5.18. The number of benzene rings is 1. The number of carboxylic acids is 1. The molecule has 2 aromatic rings. The van der Waals surface area contributed by atoms with E-state index in [4.69, 9.17) is 16.1 Å². The van der Waals surface area contributed by atoms with Gasteiger partial charge in [0.25, 0.3) is 5.91 Å². The van der Waals surface area contributed by atoms with Crippen molar-refractivity contribution in [2.24, 2.45) is 0 Å². The van der Waals surface area contributed by atoms with Gasteiger partial charge in [-0.05, 0) is 26.8 Å². The molecule has 10 heteroatoms. The number of fused-ring (bicyclic) bond motifs is 1. The van der Waals surface area contributed by atoms with Crippen LogP contribution in [0.4, 0.5) is 0 Å². The molecule has 3 heterocycles. The van der Waals surface area contributed by atoms with Gasteiger partial charge in [-0.25, -0.2) is 4.79 Å². The van der Waals surface area contributed by atoms with Crippen molar-refractivity contribution in [2.75, 3.05) is 0 Å². The van der Waals surface area contributed by atoms with E-state index in [1.807, 2.05) is 0 Å². The normalized spacial score (nSPS) is 24.8. The lowest BCUT2D eigenvalue weighted by atomic mass is 9.95. The first-order valence-electron chi connectivity index (χ1n) is 8.88. The molecule has 0 bridgehead atoms. The molecule has 2 aliphatic rings. The van der Waals surface area contributed by atoms with Gasteiger partial charge >= 0.3 is 5.97 Å². The lowest BCUT2D eigenvalue weighted by Gasteiger charge is -2.43. The van der Waals surface area contributed by atoms with Crippen LogP contribution in [0.2, 0.25) is 5.02 Å². The van der Waals surface area contributed by atoms with Crippen molar-refractivity contribution in [3.05, 3.63) is 40.6 Å². The molecule has 0 saturated carbocycles. The van der Waals surface area contributed by atoms with E-state index >= 15 is 0 Å². The first-order chi connectivity index (χ1) is 13.6. The number of nitrogens with one attached hydrogen (secondary N) is 1. The van der Waals surface area contributed by atoms with Crippen LogP contribution < -0.4 is 5.32 Å². The third kappa shape index (κ3) is 3.00. The Bertz CT molecular complexity index is 1040. The molecule has 0 spiro atoms. The van der Waals surface area contributed by atoms with E-state index in [2.05, 4.69) is 10.5 Å². The van der Waals surface area contributed by atoms with Gasteiger partial charge < -0.3 is 19.8 Å². The number of halogens is 1. The fourth-order valence-electron chi connectivity index (χ4n) is 3.84. The largest absolute Gasteiger partial charge is 0.480 e. The van der Waals surface area contributed by atoms with E-state index in [-0.39, 0.29) is 11.3 Å². The minimum absolute atomic E-state index is 0.196. The Labute approximate surface area is 175 Å². The van der Waals surface area contributed by atoms with Gasteiger partial charge in [0.2, 0.25) is 5.91 Å². The van der Waals surface area contributed by atoms with Crippen molar-refractivity contribution < 1.29 is 24.0 Å². The van der Waals surface area contributed by atoms with Gasteiger partial charge in [0.1, 0.15) is 34.5 Å². The van der Waals surface area contributed by atoms with Gasteiger partial charge in [0.15, 0.2) is 0 Å². The fourth-order valence-corrected chi connectivity index (χ4v) is 5.69. The van der Waals surface area contributed by atoms with Gasteiger partial charge in [0, 0.05) is 10.3 Å². The Morgan fingerprint density at radius 3 is 2.69 bits per heavy atom. The van der Waals surface area contributed by atoms with Crippen LogP contribution in [-0.2, 0) is 9.59 Å². The zero-order chi connectivity index (χ0) is 21.1. The Balaban J connectivity index is 1.60. The van der Waals surface area contributed by atoms with Crippen molar-refractivity contribution >= 4 is 41.1 Å². The number of carboxylic acid groups (broad SMARTS) is 1. The number of hydrogen-bond donors (Lipinski definition) is 2. The number of nitrogens with zero attached hydrogens (tertiary/aromatic N) is 2. The predicted octanol–water partition coefficient (Wildman–Crippen LogP) is 2.55. The van der Waals surface area contributed by atoms with E-state index in [0.29, 0.717) is 16.3 Å². The van der Waals surface area contributed by atoms with Crippen molar-refractivity contribution in [2.45, 2.75) is 43.0 Å². The van der Waals surface area contributed by atoms with E-state index in [1.54, 1.807) is 45.0 Å². The van der Waals surface area contributed by atoms with Gasteiger partial charge in [-0.3, -0.25) is 9.59 Å². The van der Waals surface area contributed by atoms with E-state index in [9.17, 15) is 19.5 Å². The van der Waals surface area contributed by atoms with Crippen molar-refractivity contribution in [3.8, 4) is 11.3 Å².